The monoisotopic (exact) mass is 324 g/mol. The Labute approximate surface area is 137 Å². The Morgan fingerprint density at radius 3 is 2.87 bits per heavy atom. The number of nitrogens with one attached hydrogen (secondary N) is 2. The second kappa shape index (κ2) is 8.08. The van der Waals surface area contributed by atoms with Gasteiger partial charge in [-0.15, -0.1) is 0 Å². The summed E-state index contributed by atoms with van der Waals surface area (Å²) in [6.45, 7) is 7.43. The van der Waals surface area contributed by atoms with Gasteiger partial charge >= 0.3 is 0 Å². The fourth-order valence-corrected chi connectivity index (χ4v) is 3.54. The van der Waals surface area contributed by atoms with Gasteiger partial charge in [0.15, 0.2) is 0 Å². The van der Waals surface area contributed by atoms with Crippen LogP contribution in [0.1, 0.15) is 19.3 Å². The van der Waals surface area contributed by atoms with Crippen LogP contribution in [-0.4, -0.2) is 86.7 Å². The minimum Gasteiger partial charge on any atom is -0.379 e. The molecule has 7 heteroatoms. The molecule has 7 nitrogen and oxygen atoms in total. The number of nitrogens with zero attached hydrogens (tertiary/aromatic N) is 2. The molecule has 0 aromatic rings. The van der Waals surface area contributed by atoms with Gasteiger partial charge in [0.25, 0.3) is 0 Å². The molecular formula is C16H28N4O3. The van der Waals surface area contributed by atoms with E-state index >= 15 is 0 Å². The van der Waals surface area contributed by atoms with Gasteiger partial charge in [-0.1, -0.05) is 0 Å². The number of carbonyl (C=O) groups excluding carboxylic acids is 2. The second-order valence-corrected chi connectivity index (χ2v) is 6.75. The highest BCUT2D eigenvalue weighted by molar-refractivity contribution is 5.89. The zero-order chi connectivity index (χ0) is 16.1. The van der Waals surface area contributed by atoms with E-state index in [-0.39, 0.29) is 23.8 Å². The Hall–Kier alpha value is -1.18. The number of rotatable bonds is 5. The summed E-state index contributed by atoms with van der Waals surface area (Å²) < 4.78 is 5.33. The number of carbonyl (C=O) groups is 2. The molecule has 0 aromatic carbocycles. The molecular weight excluding hydrogens is 296 g/mol. The molecule has 3 rings (SSSR count). The van der Waals surface area contributed by atoms with Gasteiger partial charge in [-0.25, -0.2) is 0 Å². The number of likely N-dealkylation sites (tertiary alicyclic amines) is 1. The van der Waals surface area contributed by atoms with Crippen molar-refractivity contribution >= 4 is 11.8 Å². The number of hydrogen-bond acceptors (Lipinski definition) is 5. The summed E-state index contributed by atoms with van der Waals surface area (Å²) >= 11 is 0. The van der Waals surface area contributed by atoms with E-state index in [1.807, 2.05) is 4.90 Å². The molecule has 2 unspecified atom stereocenters. The summed E-state index contributed by atoms with van der Waals surface area (Å²) in [5.41, 5.74) is 0. The topological polar surface area (TPSA) is 73.9 Å². The standard InChI is InChI=1S/C16H28N4O3/c21-15-10-13(16(22)18-14-2-1-3-17-11-14)12-20(15)5-4-19-6-8-23-9-7-19/h13-14,17H,1-12H2,(H,18,22). The third-order valence-electron chi connectivity index (χ3n) is 5.02. The molecule has 23 heavy (non-hydrogen) atoms. The Kier molecular flexibility index (Phi) is 5.85. The molecule has 2 atom stereocenters. The summed E-state index contributed by atoms with van der Waals surface area (Å²) in [4.78, 5) is 28.7. The normalized spacial score (nSPS) is 29.7. The minimum atomic E-state index is -0.186. The van der Waals surface area contributed by atoms with E-state index in [0.29, 0.717) is 19.5 Å². The van der Waals surface area contributed by atoms with Gasteiger partial charge in [-0.05, 0) is 19.4 Å². The van der Waals surface area contributed by atoms with Crippen LogP contribution in [0.2, 0.25) is 0 Å². The fraction of sp³-hybridized carbons (Fsp3) is 0.875. The third-order valence-corrected chi connectivity index (χ3v) is 5.02. The highest BCUT2D eigenvalue weighted by atomic mass is 16.5. The van der Waals surface area contributed by atoms with E-state index in [1.54, 1.807) is 0 Å². The van der Waals surface area contributed by atoms with Gasteiger partial charge in [-0.2, -0.15) is 0 Å². The lowest BCUT2D eigenvalue weighted by Crippen LogP contribution is -2.48. The van der Waals surface area contributed by atoms with Gasteiger partial charge in [0.1, 0.15) is 0 Å². The minimum absolute atomic E-state index is 0.0425. The maximum absolute atomic E-state index is 12.4. The van der Waals surface area contributed by atoms with Crippen molar-refractivity contribution in [3.05, 3.63) is 0 Å². The largest absolute Gasteiger partial charge is 0.379 e. The zero-order valence-corrected chi connectivity index (χ0v) is 13.8. The van der Waals surface area contributed by atoms with Crippen molar-refractivity contribution < 1.29 is 14.3 Å². The van der Waals surface area contributed by atoms with Crippen LogP contribution >= 0.6 is 0 Å². The van der Waals surface area contributed by atoms with Gasteiger partial charge in [0, 0.05) is 51.7 Å². The highest BCUT2D eigenvalue weighted by Gasteiger charge is 2.35. The van der Waals surface area contributed by atoms with Crippen LogP contribution in [0.3, 0.4) is 0 Å². The number of morpholine rings is 1. The van der Waals surface area contributed by atoms with Gasteiger partial charge < -0.3 is 20.3 Å². The number of hydrogen-bond donors (Lipinski definition) is 2. The molecule has 2 amide bonds. The average molecular weight is 324 g/mol. The van der Waals surface area contributed by atoms with E-state index in [1.165, 1.54) is 0 Å². The molecule has 0 bridgehead atoms. The maximum Gasteiger partial charge on any atom is 0.225 e. The van der Waals surface area contributed by atoms with Crippen molar-refractivity contribution in [1.29, 1.82) is 0 Å². The number of ether oxygens (including phenoxy) is 1. The molecule has 130 valence electrons. The lowest BCUT2D eigenvalue weighted by molar-refractivity contribution is -0.129. The predicted molar refractivity (Wildman–Crippen MR) is 86.0 cm³/mol. The lowest BCUT2D eigenvalue weighted by Gasteiger charge is -2.28. The second-order valence-electron chi connectivity index (χ2n) is 6.75. The summed E-state index contributed by atoms with van der Waals surface area (Å²) in [6, 6.07) is 0.216. The first kappa shape index (κ1) is 16.7. The van der Waals surface area contributed by atoms with Crippen molar-refractivity contribution in [2.75, 3.05) is 59.0 Å². The third kappa shape index (κ3) is 4.65. The van der Waals surface area contributed by atoms with Crippen molar-refractivity contribution in [3.63, 3.8) is 0 Å². The molecule has 2 N–H and O–H groups in total. The molecule has 0 saturated carbocycles. The van der Waals surface area contributed by atoms with Crippen molar-refractivity contribution in [2.45, 2.75) is 25.3 Å². The van der Waals surface area contributed by atoms with E-state index in [0.717, 1.165) is 58.8 Å². The lowest BCUT2D eigenvalue weighted by atomic mass is 10.0. The van der Waals surface area contributed by atoms with Gasteiger partial charge in [-0.3, -0.25) is 14.5 Å². The van der Waals surface area contributed by atoms with Crippen molar-refractivity contribution in [1.82, 2.24) is 20.4 Å². The van der Waals surface area contributed by atoms with Gasteiger partial charge in [0.2, 0.25) is 11.8 Å². The molecule has 3 heterocycles. The molecule has 0 aliphatic carbocycles. The van der Waals surface area contributed by atoms with Crippen LogP contribution in [0.4, 0.5) is 0 Å². The molecule has 3 fully saturated rings. The number of amides is 2. The van der Waals surface area contributed by atoms with E-state index in [2.05, 4.69) is 15.5 Å². The molecule has 0 radical (unpaired) electrons. The molecule has 3 aliphatic heterocycles. The first-order valence-electron chi connectivity index (χ1n) is 8.81. The van der Waals surface area contributed by atoms with Crippen molar-refractivity contribution in [2.24, 2.45) is 5.92 Å². The quantitative estimate of drug-likeness (QED) is 0.681. The summed E-state index contributed by atoms with van der Waals surface area (Å²) in [5, 5.41) is 6.40. The van der Waals surface area contributed by atoms with Crippen LogP contribution in [-0.2, 0) is 14.3 Å². The molecule has 0 aromatic heterocycles. The molecule has 3 aliphatic rings. The van der Waals surface area contributed by atoms with Gasteiger partial charge in [0.05, 0.1) is 19.1 Å². The maximum atomic E-state index is 12.4. The Bertz CT molecular complexity index is 420. The summed E-state index contributed by atoms with van der Waals surface area (Å²) in [6.07, 6.45) is 2.48. The fourth-order valence-electron chi connectivity index (χ4n) is 3.54. The Balaban J connectivity index is 1.41. The Morgan fingerprint density at radius 2 is 2.13 bits per heavy atom. The SMILES string of the molecule is O=C(NC1CCCNC1)C1CC(=O)N(CCN2CCOCC2)C1. The van der Waals surface area contributed by atoms with Crippen LogP contribution in [0.15, 0.2) is 0 Å². The predicted octanol–water partition coefficient (Wildman–Crippen LogP) is -0.965. The number of piperidine rings is 1. The van der Waals surface area contributed by atoms with E-state index in [9.17, 15) is 9.59 Å². The van der Waals surface area contributed by atoms with E-state index in [4.69, 9.17) is 4.74 Å². The Morgan fingerprint density at radius 1 is 1.30 bits per heavy atom. The first-order chi connectivity index (χ1) is 11.2. The first-order valence-corrected chi connectivity index (χ1v) is 8.81. The average Bonchev–Trinajstić information content (AvgIpc) is 2.96. The van der Waals surface area contributed by atoms with E-state index < -0.39 is 0 Å². The van der Waals surface area contributed by atoms with Crippen LogP contribution < -0.4 is 10.6 Å². The van der Waals surface area contributed by atoms with Crippen LogP contribution in [0, 0.1) is 5.92 Å². The summed E-state index contributed by atoms with van der Waals surface area (Å²) in [7, 11) is 0. The molecule has 3 saturated heterocycles. The van der Waals surface area contributed by atoms with Crippen molar-refractivity contribution in [3.8, 4) is 0 Å². The van der Waals surface area contributed by atoms with Crippen LogP contribution in [0.25, 0.3) is 0 Å². The summed E-state index contributed by atoms with van der Waals surface area (Å²) in [5.74, 6) is -0.0322. The zero-order valence-electron chi connectivity index (χ0n) is 13.8. The highest BCUT2D eigenvalue weighted by Crippen LogP contribution is 2.18. The molecule has 0 spiro atoms. The van der Waals surface area contributed by atoms with Crippen LogP contribution in [0.5, 0.6) is 0 Å². The smallest absolute Gasteiger partial charge is 0.225 e.